The van der Waals surface area contributed by atoms with Crippen LogP contribution in [0.4, 0.5) is 4.39 Å². The van der Waals surface area contributed by atoms with Gasteiger partial charge in [-0.3, -0.25) is 0 Å². The molecule has 1 aromatic carbocycles. The molecule has 1 aliphatic rings. The summed E-state index contributed by atoms with van der Waals surface area (Å²) in [6.07, 6.45) is 3.90. The maximum atomic E-state index is 13.6. The zero-order valence-corrected chi connectivity index (χ0v) is 13.1. The lowest BCUT2D eigenvalue weighted by molar-refractivity contribution is 0.127. The second-order valence-corrected chi connectivity index (χ2v) is 7.46. The maximum absolute atomic E-state index is 13.6. The fraction of sp³-hybridized carbons (Fsp3) is 0.571. The average molecular weight is 336 g/mol. The standard InChI is InChI=1S/C14H19ClFNO3S/c15-11-6-2-7-12(16)14(11)21(19,20)17-9-3-5-10-4-1-8-13(10)18/h2,6-7,10,13,17-18H,1,3-5,8-9H2/t10-,13+/m1/s1. The molecule has 1 saturated carbocycles. The number of benzene rings is 1. The van der Waals surface area contributed by atoms with Gasteiger partial charge in [0.25, 0.3) is 0 Å². The van der Waals surface area contributed by atoms with Gasteiger partial charge in [0.15, 0.2) is 0 Å². The van der Waals surface area contributed by atoms with Crippen molar-refractivity contribution in [2.24, 2.45) is 5.92 Å². The zero-order valence-electron chi connectivity index (χ0n) is 11.6. The first-order chi connectivity index (χ1) is 9.92. The third-order valence-corrected chi connectivity index (χ3v) is 5.81. The molecule has 0 aromatic heterocycles. The van der Waals surface area contributed by atoms with E-state index in [1.165, 1.54) is 12.1 Å². The van der Waals surface area contributed by atoms with Crippen LogP contribution in [0.15, 0.2) is 23.1 Å². The van der Waals surface area contributed by atoms with Crippen LogP contribution >= 0.6 is 11.6 Å². The first kappa shape index (κ1) is 16.7. The Balaban J connectivity index is 1.90. The number of aliphatic hydroxyl groups excluding tert-OH is 1. The molecule has 2 rings (SSSR count). The highest BCUT2D eigenvalue weighted by Crippen LogP contribution is 2.29. The molecule has 0 unspecified atom stereocenters. The van der Waals surface area contributed by atoms with Crippen LogP contribution in [-0.4, -0.2) is 26.2 Å². The van der Waals surface area contributed by atoms with Crippen LogP contribution < -0.4 is 4.72 Å². The first-order valence-corrected chi connectivity index (χ1v) is 8.89. The number of hydrogen-bond acceptors (Lipinski definition) is 3. The summed E-state index contributed by atoms with van der Waals surface area (Å²) < 4.78 is 40.1. The van der Waals surface area contributed by atoms with Crippen molar-refractivity contribution in [3.05, 3.63) is 29.0 Å². The van der Waals surface area contributed by atoms with Crippen LogP contribution in [0, 0.1) is 11.7 Å². The van der Waals surface area contributed by atoms with Gasteiger partial charge in [-0.15, -0.1) is 0 Å². The summed E-state index contributed by atoms with van der Waals surface area (Å²) in [5.74, 6) is -0.618. The van der Waals surface area contributed by atoms with E-state index >= 15 is 0 Å². The third-order valence-electron chi connectivity index (χ3n) is 3.85. The Morgan fingerprint density at radius 2 is 2.14 bits per heavy atom. The van der Waals surface area contributed by atoms with Crippen molar-refractivity contribution in [1.82, 2.24) is 4.72 Å². The summed E-state index contributed by atoms with van der Waals surface area (Å²) in [5, 5.41) is 9.56. The summed E-state index contributed by atoms with van der Waals surface area (Å²) in [4.78, 5) is -0.507. The second kappa shape index (κ2) is 7.05. The monoisotopic (exact) mass is 335 g/mol. The molecular weight excluding hydrogens is 317 g/mol. The average Bonchev–Trinajstić information content (AvgIpc) is 2.80. The van der Waals surface area contributed by atoms with Crippen LogP contribution in [0.1, 0.15) is 32.1 Å². The number of rotatable bonds is 6. The largest absolute Gasteiger partial charge is 0.393 e. The Hall–Kier alpha value is -0.690. The number of hydrogen-bond donors (Lipinski definition) is 2. The molecule has 0 heterocycles. The predicted molar refractivity (Wildman–Crippen MR) is 79.2 cm³/mol. The van der Waals surface area contributed by atoms with Crippen LogP contribution in [0.5, 0.6) is 0 Å². The zero-order chi connectivity index (χ0) is 15.5. The summed E-state index contributed by atoms with van der Waals surface area (Å²) >= 11 is 5.76. The molecule has 7 heteroatoms. The lowest BCUT2D eigenvalue weighted by Crippen LogP contribution is -2.26. The lowest BCUT2D eigenvalue weighted by atomic mass is 10.00. The molecule has 1 aliphatic carbocycles. The first-order valence-electron chi connectivity index (χ1n) is 7.03. The van der Waals surface area contributed by atoms with Gasteiger partial charge in [-0.1, -0.05) is 24.1 Å². The van der Waals surface area contributed by atoms with Crippen LogP contribution in [0.2, 0.25) is 5.02 Å². The molecule has 0 spiro atoms. The van der Waals surface area contributed by atoms with Gasteiger partial charge in [0, 0.05) is 6.54 Å². The Morgan fingerprint density at radius 1 is 1.38 bits per heavy atom. The molecular formula is C14H19ClFNO3S. The minimum atomic E-state index is -3.95. The Kier molecular flexibility index (Phi) is 5.60. The molecule has 21 heavy (non-hydrogen) atoms. The van der Waals surface area contributed by atoms with Gasteiger partial charge in [0.1, 0.15) is 10.7 Å². The maximum Gasteiger partial charge on any atom is 0.244 e. The van der Waals surface area contributed by atoms with E-state index in [1.807, 2.05) is 0 Å². The van der Waals surface area contributed by atoms with Crippen molar-refractivity contribution in [2.45, 2.75) is 43.1 Å². The molecule has 1 fully saturated rings. The Labute approximate surface area is 129 Å². The number of aliphatic hydroxyl groups is 1. The molecule has 0 saturated heterocycles. The van der Waals surface area contributed by atoms with Crippen molar-refractivity contribution in [3.8, 4) is 0 Å². The van der Waals surface area contributed by atoms with E-state index in [9.17, 15) is 17.9 Å². The van der Waals surface area contributed by atoms with Crippen molar-refractivity contribution >= 4 is 21.6 Å². The van der Waals surface area contributed by atoms with Gasteiger partial charge >= 0.3 is 0 Å². The predicted octanol–water partition coefficient (Wildman–Crippen LogP) is 2.70. The Morgan fingerprint density at radius 3 is 2.76 bits per heavy atom. The highest BCUT2D eigenvalue weighted by Gasteiger charge is 2.25. The molecule has 2 N–H and O–H groups in total. The Bertz CT molecular complexity index is 574. The van der Waals surface area contributed by atoms with Crippen LogP contribution in [0.25, 0.3) is 0 Å². The van der Waals surface area contributed by atoms with Crippen LogP contribution in [0.3, 0.4) is 0 Å². The summed E-state index contributed by atoms with van der Waals surface area (Å²) in [5.41, 5.74) is 0. The van der Waals surface area contributed by atoms with E-state index < -0.39 is 20.7 Å². The fourth-order valence-corrected chi connectivity index (χ4v) is 4.41. The van der Waals surface area contributed by atoms with Crippen molar-refractivity contribution < 1.29 is 17.9 Å². The van der Waals surface area contributed by atoms with E-state index in [0.29, 0.717) is 6.42 Å². The van der Waals surface area contributed by atoms with Gasteiger partial charge < -0.3 is 5.11 Å². The molecule has 2 atom stereocenters. The van der Waals surface area contributed by atoms with E-state index in [0.717, 1.165) is 31.7 Å². The number of halogens is 2. The van der Waals surface area contributed by atoms with Crippen LogP contribution in [-0.2, 0) is 10.0 Å². The number of sulfonamides is 1. The molecule has 0 bridgehead atoms. The third kappa shape index (κ3) is 4.16. The molecule has 0 amide bonds. The molecule has 4 nitrogen and oxygen atoms in total. The fourth-order valence-electron chi connectivity index (χ4n) is 2.74. The minimum absolute atomic E-state index is 0.131. The van der Waals surface area contributed by atoms with Gasteiger partial charge in [0.2, 0.25) is 10.0 Å². The van der Waals surface area contributed by atoms with E-state index in [4.69, 9.17) is 11.6 Å². The number of nitrogens with one attached hydrogen (secondary N) is 1. The molecule has 0 aliphatic heterocycles. The summed E-state index contributed by atoms with van der Waals surface area (Å²) in [6, 6.07) is 3.77. The van der Waals surface area contributed by atoms with E-state index in [-0.39, 0.29) is 23.6 Å². The van der Waals surface area contributed by atoms with Gasteiger partial charge in [-0.2, -0.15) is 0 Å². The topological polar surface area (TPSA) is 66.4 Å². The lowest BCUT2D eigenvalue weighted by Gasteiger charge is -2.14. The van der Waals surface area contributed by atoms with E-state index in [1.54, 1.807) is 0 Å². The normalized spacial score (nSPS) is 22.6. The van der Waals surface area contributed by atoms with Crippen molar-refractivity contribution in [3.63, 3.8) is 0 Å². The second-order valence-electron chi connectivity index (χ2n) is 5.35. The van der Waals surface area contributed by atoms with Gasteiger partial charge in [-0.05, 0) is 43.7 Å². The summed E-state index contributed by atoms with van der Waals surface area (Å²) in [7, 11) is -3.95. The highest BCUT2D eigenvalue weighted by molar-refractivity contribution is 7.89. The minimum Gasteiger partial charge on any atom is -0.393 e. The van der Waals surface area contributed by atoms with Gasteiger partial charge in [-0.25, -0.2) is 17.5 Å². The molecule has 0 radical (unpaired) electrons. The van der Waals surface area contributed by atoms with Crippen molar-refractivity contribution in [1.29, 1.82) is 0 Å². The van der Waals surface area contributed by atoms with E-state index in [2.05, 4.69) is 4.72 Å². The summed E-state index contributed by atoms with van der Waals surface area (Å²) in [6.45, 7) is 0.205. The molecule has 1 aromatic rings. The SMILES string of the molecule is O=S(=O)(NCCC[C@H]1CCC[C@@H]1O)c1c(F)cccc1Cl. The molecule has 118 valence electrons. The van der Waals surface area contributed by atoms with Crippen molar-refractivity contribution in [2.75, 3.05) is 6.54 Å². The van der Waals surface area contributed by atoms with Gasteiger partial charge in [0.05, 0.1) is 11.1 Å². The quantitative estimate of drug-likeness (QED) is 0.785. The smallest absolute Gasteiger partial charge is 0.244 e. The highest BCUT2D eigenvalue weighted by atomic mass is 35.5.